The Kier molecular flexibility index (Phi) is 3.37. The second-order valence-corrected chi connectivity index (χ2v) is 5.30. The van der Waals surface area contributed by atoms with Crippen molar-refractivity contribution in [3.8, 4) is 0 Å². The molecule has 3 N–H and O–H groups in total. The molecule has 21 heavy (non-hydrogen) atoms. The number of nitrogens with two attached hydrogens (primary N) is 1. The molecule has 1 aromatic heterocycles. The van der Waals surface area contributed by atoms with Gasteiger partial charge < -0.3 is 5.73 Å². The van der Waals surface area contributed by atoms with Gasteiger partial charge in [-0.2, -0.15) is 0 Å². The lowest BCUT2D eigenvalue weighted by Crippen LogP contribution is -2.16. The van der Waals surface area contributed by atoms with Crippen LogP contribution in [0.1, 0.15) is 20.7 Å². The minimum atomic E-state index is -0.560. The molecule has 0 unspecified atom stereocenters. The molecule has 6 heteroatoms. The molecular weight excluding hydrogens is 286 g/mol. The van der Waals surface area contributed by atoms with Gasteiger partial charge in [-0.3, -0.25) is 14.9 Å². The molecule has 0 atom stereocenters. The summed E-state index contributed by atoms with van der Waals surface area (Å²) in [5.74, 6) is -0.881. The normalized spacial score (nSPS) is 10.5. The first-order valence-corrected chi connectivity index (χ1v) is 7.06. The fourth-order valence-electron chi connectivity index (χ4n) is 2.10. The highest BCUT2D eigenvalue weighted by molar-refractivity contribution is 7.13. The molecule has 0 aliphatic rings. The van der Waals surface area contributed by atoms with Crippen molar-refractivity contribution in [1.82, 2.24) is 4.98 Å². The highest BCUT2D eigenvalue weighted by atomic mass is 32.1. The number of thiazole rings is 1. The van der Waals surface area contributed by atoms with Gasteiger partial charge in [0.2, 0.25) is 5.91 Å². The van der Waals surface area contributed by atoms with Crippen molar-refractivity contribution in [3.63, 3.8) is 0 Å². The number of anilines is 1. The van der Waals surface area contributed by atoms with Crippen LogP contribution in [0, 0.1) is 0 Å². The summed E-state index contributed by atoms with van der Waals surface area (Å²) in [7, 11) is 0. The minimum absolute atomic E-state index is 0.321. The molecule has 3 rings (SSSR count). The number of primary amides is 1. The number of fused-ring (bicyclic) bond motifs is 1. The number of carbonyl (C=O) groups is 2. The van der Waals surface area contributed by atoms with Crippen LogP contribution in [-0.2, 0) is 0 Å². The van der Waals surface area contributed by atoms with Crippen LogP contribution >= 0.6 is 11.3 Å². The largest absolute Gasteiger partial charge is 0.366 e. The van der Waals surface area contributed by atoms with Crippen molar-refractivity contribution in [2.24, 2.45) is 5.73 Å². The third kappa shape index (κ3) is 2.61. The summed E-state index contributed by atoms with van der Waals surface area (Å²) in [5, 5.41) is 6.48. The first-order valence-electron chi connectivity index (χ1n) is 6.18. The molecule has 104 valence electrons. The van der Waals surface area contributed by atoms with Crippen LogP contribution in [0.5, 0.6) is 0 Å². The smallest absolute Gasteiger partial charge is 0.257 e. The number of benzene rings is 2. The molecule has 0 aliphatic heterocycles. The zero-order valence-electron chi connectivity index (χ0n) is 10.9. The predicted octanol–water partition coefficient (Wildman–Crippen LogP) is 2.65. The summed E-state index contributed by atoms with van der Waals surface area (Å²) in [6.45, 7) is 0. The van der Waals surface area contributed by atoms with Gasteiger partial charge in [0.05, 0.1) is 0 Å². The topological polar surface area (TPSA) is 85.1 Å². The van der Waals surface area contributed by atoms with Crippen molar-refractivity contribution in [2.75, 3.05) is 5.32 Å². The molecule has 0 saturated heterocycles. The fourth-order valence-corrected chi connectivity index (χ4v) is 2.62. The van der Waals surface area contributed by atoms with Gasteiger partial charge in [0.1, 0.15) is 0 Å². The molecule has 0 aliphatic carbocycles. The summed E-state index contributed by atoms with van der Waals surface area (Å²) < 4.78 is 0. The summed E-state index contributed by atoms with van der Waals surface area (Å²) in [6, 6.07) is 10.5. The van der Waals surface area contributed by atoms with Gasteiger partial charge in [-0.05, 0) is 22.9 Å². The second-order valence-electron chi connectivity index (χ2n) is 4.40. The third-order valence-corrected chi connectivity index (χ3v) is 3.73. The molecular formula is C15H11N3O2S. The second kappa shape index (κ2) is 5.34. The van der Waals surface area contributed by atoms with E-state index in [-0.39, 0.29) is 5.91 Å². The van der Waals surface area contributed by atoms with Crippen molar-refractivity contribution in [2.45, 2.75) is 0 Å². The van der Waals surface area contributed by atoms with Crippen LogP contribution in [0.3, 0.4) is 0 Å². The Morgan fingerprint density at radius 3 is 2.71 bits per heavy atom. The van der Waals surface area contributed by atoms with Gasteiger partial charge in [-0.15, -0.1) is 11.3 Å². The van der Waals surface area contributed by atoms with Crippen LogP contribution in [0.15, 0.2) is 48.0 Å². The predicted molar refractivity (Wildman–Crippen MR) is 82.5 cm³/mol. The van der Waals surface area contributed by atoms with Crippen LogP contribution in [0.25, 0.3) is 10.8 Å². The summed E-state index contributed by atoms with van der Waals surface area (Å²) >= 11 is 1.33. The summed E-state index contributed by atoms with van der Waals surface area (Å²) in [5.41, 5.74) is 6.11. The maximum absolute atomic E-state index is 12.2. The minimum Gasteiger partial charge on any atom is -0.366 e. The Balaban J connectivity index is 2.06. The van der Waals surface area contributed by atoms with Crippen LogP contribution < -0.4 is 11.1 Å². The van der Waals surface area contributed by atoms with Crippen molar-refractivity contribution >= 4 is 39.1 Å². The maximum Gasteiger partial charge on any atom is 0.257 e. The van der Waals surface area contributed by atoms with Crippen molar-refractivity contribution in [1.29, 1.82) is 0 Å². The highest BCUT2D eigenvalue weighted by Crippen LogP contribution is 2.22. The standard InChI is InChI=1S/C15H11N3O2S/c16-13(19)12-8-10(7-9-3-1-2-4-11(9)12)14(20)18-15-17-5-6-21-15/h1-8H,(H2,16,19)(H,17,18,20). The summed E-state index contributed by atoms with van der Waals surface area (Å²) in [6.07, 6.45) is 1.61. The van der Waals surface area contributed by atoms with Gasteiger partial charge in [0.25, 0.3) is 5.91 Å². The van der Waals surface area contributed by atoms with E-state index in [4.69, 9.17) is 5.73 Å². The Morgan fingerprint density at radius 2 is 2.00 bits per heavy atom. The monoisotopic (exact) mass is 297 g/mol. The SMILES string of the molecule is NC(=O)c1cc(C(=O)Nc2nccs2)cc2ccccc12. The number of rotatable bonds is 3. The third-order valence-electron chi connectivity index (χ3n) is 3.04. The van der Waals surface area contributed by atoms with Crippen molar-refractivity contribution in [3.05, 3.63) is 59.1 Å². The molecule has 5 nitrogen and oxygen atoms in total. The van der Waals surface area contributed by atoms with E-state index in [1.165, 1.54) is 17.4 Å². The van der Waals surface area contributed by atoms with E-state index in [1.807, 2.05) is 18.2 Å². The van der Waals surface area contributed by atoms with Gasteiger partial charge in [0, 0.05) is 22.7 Å². The van der Waals surface area contributed by atoms with E-state index < -0.39 is 5.91 Å². The van der Waals surface area contributed by atoms with Crippen LogP contribution in [0.4, 0.5) is 5.13 Å². The fraction of sp³-hybridized carbons (Fsp3) is 0. The summed E-state index contributed by atoms with van der Waals surface area (Å²) in [4.78, 5) is 27.8. The number of carbonyl (C=O) groups excluding carboxylic acids is 2. The molecule has 0 saturated carbocycles. The van der Waals surface area contributed by atoms with E-state index in [9.17, 15) is 9.59 Å². The number of aromatic nitrogens is 1. The maximum atomic E-state index is 12.2. The average molecular weight is 297 g/mol. The Morgan fingerprint density at radius 1 is 1.19 bits per heavy atom. The Bertz CT molecular complexity index is 828. The number of nitrogens with zero attached hydrogens (tertiary/aromatic N) is 1. The Hall–Kier alpha value is -2.73. The zero-order chi connectivity index (χ0) is 14.8. The van der Waals surface area contributed by atoms with Crippen molar-refractivity contribution < 1.29 is 9.59 Å². The van der Waals surface area contributed by atoms with E-state index in [0.29, 0.717) is 16.3 Å². The number of hydrogen-bond acceptors (Lipinski definition) is 4. The molecule has 1 heterocycles. The van der Waals surface area contributed by atoms with Gasteiger partial charge in [-0.1, -0.05) is 24.3 Å². The first kappa shape index (κ1) is 13.3. The van der Waals surface area contributed by atoms with Gasteiger partial charge in [0.15, 0.2) is 5.13 Å². The van der Waals surface area contributed by atoms with E-state index in [2.05, 4.69) is 10.3 Å². The van der Waals surface area contributed by atoms with Crippen LogP contribution in [0.2, 0.25) is 0 Å². The zero-order valence-corrected chi connectivity index (χ0v) is 11.7. The lowest BCUT2D eigenvalue weighted by molar-refractivity contribution is 0.100. The molecule has 0 spiro atoms. The highest BCUT2D eigenvalue weighted by Gasteiger charge is 2.14. The first-order chi connectivity index (χ1) is 10.1. The van der Waals surface area contributed by atoms with E-state index in [0.717, 1.165) is 10.8 Å². The lowest BCUT2D eigenvalue weighted by Gasteiger charge is -2.07. The van der Waals surface area contributed by atoms with E-state index >= 15 is 0 Å². The lowest BCUT2D eigenvalue weighted by atomic mass is 10.00. The molecule has 0 radical (unpaired) electrons. The van der Waals surface area contributed by atoms with E-state index in [1.54, 1.807) is 23.7 Å². The number of hydrogen-bond donors (Lipinski definition) is 2. The molecule has 2 amide bonds. The molecule has 3 aromatic rings. The number of amides is 2. The average Bonchev–Trinajstić information content (AvgIpc) is 2.98. The Labute approximate surface area is 124 Å². The quantitative estimate of drug-likeness (QED) is 0.779. The number of nitrogens with one attached hydrogen (secondary N) is 1. The molecule has 0 bridgehead atoms. The molecule has 2 aromatic carbocycles. The molecule has 0 fully saturated rings. The van der Waals surface area contributed by atoms with Gasteiger partial charge in [-0.25, -0.2) is 4.98 Å². The van der Waals surface area contributed by atoms with Crippen LogP contribution in [-0.4, -0.2) is 16.8 Å². The van der Waals surface area contributed by atoms with Gasteiger partial charge >= 0.3 is 0 Å².